The van der Waals surface area contributed by atoms with E-state index in [0.29, 0.717) is 11.6 Å². The molecule has 0 saturated carbocycles. The van der Waals surface area contributed by atoms with Gasteiger partial charge in [-0.2, -0.15) is 0 Å². The van der Waals surface area contributed by atoms with E-state index in [2.05, 4.69) is 4.57 Å². The third-order valence-electron chi connectivity index (χ3n) is 3.14. The van der Waals surface area contributed by atoms with Crippen LogP contribution in [0.2, 0.25) is 5.02 Å². The van der Waals surface area contributed by atoms with Crippen molar-refractivity contribution in [2.24, 2.45) is 0 Å². The lowest BCUT2D eigenvalue weighted by Gasteiger charge is -2.06. The van der Waals surface area contributed by atoms with Crippen molar-refractivity contribution in [1.29, 1.82) is 0 Å². The lowest BCUT2D eigenvalue weighted by Crippen LogP contribution is -2.05. The normalized spacial score (nSPS) is 16.5. The number of nitrogens with zero attached hydrogens (tertiary/aromatic N) is 1. The van der Waals surface area contributed by atoms with Crippen LogP contribution in [0.5, 0.6) is 0 Å². The van der Waals surface area contributed by atoms with Crippen LogP contribution in [0.3, 0.4) is 0 Å². The first kappa shape index (κ1) is 12.0. The number of aromatic nitrogens is 1. The molecule has 1 aromatic carbocycles. The molecule has 1 aromatic heterocycles. The molecule has 3 rings (SSSR count). The van der Waals surface area contributed by atoms with Gasteiger partial charge >= 0.3 is 0 Å². The van der Waals surface area contributed by atoms with Crippen molar-refractivity contribution in [3.8, 4) is 0 Å². The molecular weight excluding hydrogens is 258 g/mol. The molecule has 94 valence electrons. The number of halogens is 1. The Morgan fingerprint density at radius 2 is 1.89 bits per heavy atom. The maximum Gasteiger partial charge on any atom is 0.183 e. The second kappa shape index (κ2) is 4.90. The van der Waals surface area contributed by atoms with Crippen molar-refractivity contribution in [3.05, 3.63) is 70.5 Å². The van der Waals surface area contributed by atoms with Gasteiger partial charge in [0, 0.05) is 22.5 Å². The van der Waals surface area contributed by atoms with E-state index in [4.69, 9.17) is 11.6 Å². The zero-order chi connectivity index (χ0) is 13.2. The molecule has 0 unspecified atom stereocenters. The Labute approximate surface area is 116 Å². The minimum atomic E-state index is 0.0543. The standard InChI is InChI=1S/C16H12ClNO/c17-14-5-3-12(4-6-14)10-13-11-18-9-1-2-15(18)7-8-16(13)19/h1-10H,11H2/b13-10-. The smallest absolute Gasteiger partial charge is 0.183 e. The second-order valence-electron chi connectivity index (χ2n) is 4.48. The number of fused-ring (bicyclic) bond motifs is 1. The maximum atomic E-state index is 12.1. The minimum absolute atomic E-state index is 0.0543. The van der Waals surface area contributed by atoms with Gasteiger partial charge in [0.1, 0.15) is 0 Å². The Kier molecular flexibility index (Phi) is 3.10. The van der Waals surface area contributed by atoms with Crippen LogP contribution in [0.25, 0.3) is 12.2 Å². The Balaban J connectivity index is 1.98. The van der Waals surface area contributed by atoms with Gasteiger partial charge in [-0.05, 0) is 48.1 Å². The molecule has 3 heteroatoms. The molecule has 0 saturated heterocycles. The summed E-state index contributed by atoms with van der Waals surface area (Å²) in [4.78, 5) is 12.1. The number of benzene rings is 1. The van der Waals surface area contributed by atoms with Crippen molar-refractivity contribution in [1.82, 2.24) is 4.57 Å². The summed E-state index contributed by atoms with van der Waals surface area (Å²) in [5, 5.41) is 0.696. The van der Waals surface area contributed by atoms with Gasteiger partial charge in [0.2, 0.25) is 0 Å². The van der Waals surface area contributed by atoms with Gasteiger partial charge in [-0.3, -0.25) is 4.79 Å². The number of carbonyl (C=O) groups excluding carboxylic acids is 1. The number of hydrogen-bond donors (Lipinski definition) is 0. The van der Waals surface area contributed by atoms with E-state index in [1.54, 1.807) is 6.08 Å². The zero-order valence-electron chi connectivity index (χ0n) is 10.2. The highest BCUT2D eigenvalue weighted by Gasteiger charge is 2.12. The molecule has 0 aliphatic carbocycles. The molecule has 1 aliphatic rings. The Morgan fingerprint density at radius 1 is 1.11 bits per heavy atom. The number of allylic oxidation sites excluding steroid dienone is 2. The summed E-state index contributed by atoms with van der Waals surface area (Å²) in [7, 11) is 0. The fraction of sp³-hybridized carbons (Fsp3) is 0.0625. The van der Waals surface area contributed by atoms with Crippen molar-refractivity contribution in [3.63, 3.8) is 0 Å². The van der Waals surface area contributed by atoms with Gasteiger partial charge in [-0.1, -0.05) is 23.7 Å². The Morgan fingerprint density at radius 3 is 2.68 bits per heavy atom. The lowest BCUT2D eigenvalue weighted by molar-refractivity contribution is -0.111. The van der Waals surface area contributed by atoms with Gasteiger partial charge in [0.05, 0.1) is 6.54 Å². The van der Waals surface area contributed by atoms with E-state index in [0.717, 1.165) is 16.8 Å². The summed E-state index contributed by atoms with van der Waals surface area (Å²) < 4.78 is 2.06. The summed E-state index contributed by atoms with van der Waals surface area (Å²) in [6.45, 7) is 0.594. The molecular formula is C16H12ClNO. The summed E-state index contributed by atoms with van der Waals surface area (Å²) in [5.74, 6) is 0.0543. The fourth-order valence-corrected chi connectivity index (χ4v) is 2.26. The summed E-state index contributed by atoms with van der Waals surface area (Å²) in [6.07, 6.45) is 7.37. The summed E-state index contributed by atoms with van der Waals surface area (Å²) in [5.41, 5.74) is 2.80. The van der Waals surface area contributed by atoms with E-state index in [-0.39, 0.29) is 5.78 Å². The molecule has 0 bridgehead atoms. The van der Waals surface area contributed by atoms with Crippen LogP contribution in [-0.4, -0.2) is 10.4 Å². The molecule has 0 N–H and O–H groups in total. The van der Waals surface area contributed by atoms with Crippen molar-refractivity contribution >= 4 is 29.5 Å². The van der Waals surface area contributed by atoms with Crippen LogP contribution in [0.1, 0.15) is 11.3 Å². The van der Waals surface area contributed by atoms with Crippen molar-refractivity contribution in [2.45, 2.75) is 6.54 Å². The maximum absolute atomic E-state index is 12.1. The van der Waals surface area contributed by atoms with Gasteiger partial charge in [-0.15, -0.1) is 0 Å². The second-order valence-corrected chi connectivity index (χ2v) is 4.92. The van der Waals surface area contributed by atoms with Crippen LogP contribution in [0.15, 0.2) is 54.2 Å². The monoisotopic (exact) mass is 269 g/mol. The topological polar surface area (TPSA) is 22.0 Å². The molecule has 2 nitrogen and oxygen atoms in total. The molecule has 1 aliphatic heterocycles. The van der Waals surface area contributed by atoms with Crippen LogP contribution < -0.4 is 0 Å². The molecule has 0 spiro atoms. The molecule has 0 fully saturated rings. The zero-order valence-corrected chi connectivity index (χ0v) is 11.0. The third-order valence-corrected chi connectivity index (χ3v) is 3.39. The van der Waals surface area contributed by atoms with Crippen LogP contribution >= 0.6 is 11.6 Å². The highest BCUT2D eigenvalue weighted by molar-refractivity contribution is 6.30. The quantitative estimate of drug-likeness (QED) is 0.722. The fourth-order valence-electron chi connectivity index (χ4n) is 2.13. The summed E-state index contributed by atoms with van der Waals surface area (Å²) >= 11 is 5.86. The Hall–Kier alpha value is -2.06. The van der Waals surface area contributed by atoms with Gasteiger partial charge in [0.15, 0.2) is 5.78 Å². The number of carbonyl (C=O) groups is 1. The van der Waals surface area contributed by atoms with E-state index >= 15 is 0 Å². The van der Waals surface area contributed by atoms with E-state index in [9.17, 15) is 4.79 Å². The number of ketones is 1. The minimum Gasteiger partial charge on any atom is -0.343 e. The van der Waals surface area contributed by atoms with Gasteiger partial charge in [0.25, 0.3) is 0 Å². The highest BCUT2D eigenvalue weighted by atomic mass is 35.5. The van der Waals surface area contributed by atoms with E-state index in [1.807, 2.05) is 54.7 Å². The first-order chi connectivity index (χ1) is 9.22. The first-order valence-corrected chi connectivity index (χ1v) is 6.44. The van der Waals surface area contributed by atoms with Crippen LogP contribution in [0, 0.1) is 0 Å². The first-order valence-electron chi connectivity index (χ1n) is 6.06. The molecule has 2 heterocycles. The third kappa shape index (κ3) is 2.54. The molecule has 2 aromatic rings. The highest BCUT2D eigenvalue weighted by Crippen LogP contribution is 2.18. The lowest BCUT2D eigenvalue weighted by atomic mass is 10.1. The Bertz CT molecular complexity index is 677. The number of hydrogen-bond acceptors (Lipinski definition) is 1. The summed E-state index contributed by atoms with van der Waals surface area (Å²) in [6, 6.07) is 11.4. The molecule has 0 amide bonds. The molecule has 0 radical (unpaired) electrons. The molecule has 19 heavy (non-hydrogen) atoms. The van der Waals surface area contributed by atoms with E-state index < -0.39 is 0 Å². The average Bonchev–Trinajstić information content (AvgIpc) is 2.79. The van der Waals surface area contributed by atoms with Crippen LogP contribution in [-0.2, 0) is 11.3 Å². The van der Waals surface area contributed by atoms with Crippen LogP contribution in [0.4, 0.5) is 0 Å². The van der Waals surface area contributed by atoms with Crippen molar-refractivity contribution < 1.29 is 4.79 Å². The predicted molar refractivity (Wildman–Crippen MR) is 77.9 cm³/mol. The average molecular weight is 270 g/mol. The van der Waals surface area contributed by atoms with Gasteiger partial charge < -0.3 is 4.57 Å². The molecule has 0 atom stereocenters. The SMILES string of the molecule is O=C1C=Cc2cccn2C/C1=C/c1ccc(Cl)cc1. The number of rotatable bonds is 1. The predicted octanol–water partition coefficient (Wildman–Crippen LogP) is 3.82. The van der Waals surface area contributed by atoms with E-state index in [1.165, 1.54) is 0 Å². The van der Waals surface area contributed by atoms with Crippen molar-refractivity contribution in [2.75, 3.05) is 0 Å². The van der Waals surface area contributed by atoms with Gasteiger partial charge in [-0.25, -0.2) is 0 Å². The largest absolute Gasteiger partial charge is 0.343 e.